The Bertz CT molecular complexity index is 1840. The fourth-order valence-corrected chi connectivity index (χ4v) is 5.96. The molecule has 0 spiro atoms. The van der Waals surface area contributed by atoms with Crippen LogP contribution in [0.25, 0.3) is 60.8 Å². The van der Waals surface area contributed by atoms with E-state index in [4.69, 9.17) is 13.8 Å². The Balaban J connectivity index is 1.51. The Morgan fingerprint density at radius 1 is 0.800 bits per heavy atom. The van der Waals surface area contributed by atoms with Gasteiger partial charge in [0, 0.05) is 33.5 Å². The third-order valence-electron chi connectivity index (χ3n) is 7.70. The van der Waals surface area contributed by atoms with Crippen LogP contribution in [0.4, 0.5) is 0 Å². The minimum Gasteiger partial charge on any atom is -0.455 e. The fourth-order valence-electron chi connectivity index (χ4n) is 5.96. The van der Waals surface area contributed by atoms with Gasteiger partial charge < -0.3 is 14.2 Å². The number of hydrogen-bond acceptors (Lipinski definition) is 4. The number of aromatic nitrogens is 1. The molecule has 168 valence electrons. The van der Waals surface area contributed by atoms with Crippen LogP contribution in [0, 0.1) is 0 Å². The van der Waals surface area contributed by atoms with Gasteiger partial charge in [-0.25, -0.2) is 4.98 Å². The first-order valence-electron chi connectivity index (χ1n) is 12.0. The fraction of sp³-hybridized carbons (Fsp3) is 0.129. The van der Waals surface area contributed by atoms with E-state index in [1.165, 1.54) is 11.1 Å². The van der Waals surface area contributed by atoms with Crippen LogP contribution in [0.15, 0.2) is 93.3 Å². The molecule has 3 aromatic carbocycles. The second-order valence-electron chi connectivity index (χ2n) is 9.99. The predicted octanol–water partition coefficient (Wildman–Crippen LogP) is 7.71. The van der Waals surface area contributed by atoms with Gasteiger partial charge in [-0.2, -0.15) is 0 Å². The summed E-state index contributed by atoms with van der Waals surface area (Å²) in [5, 5.41) is 7.93. The van der Waals surface area contributed by atoms with Crippen LogP contribution in [0.5, 0.6) is 0 Å². The summed E-state index contributed by atoms with van der Waals surface area (Å²) >= 11 is 0. The number of para-hydroxylation sites is 2. The van der Waals surface area contributed by atoms with Gasteiger partial charge >= 0.3 is 0 Å². The van der Waals surface area contributed by atoms with Gasteiger partial charge in [0.15, 0.2) is 0 Å². The van der Waals surface area contributed by atoms with Crippen LogP contribution < -0.4 is 5.32 Å². The Morgan fingerprint density at radius 2 is 1.46 bits per heavy atom. The average Bonchev–Trinajstić information content (AvgIpc) is 3.51. The quantitative estimate of drug-likeness (QED) is 0.276. The number of benzene rings is 3. The van der Waals surface area contributed by atoms with E-state index in [0.29, 0.717) is 0 Å². The first-order chi connectivity index (χ1) is 17.1. The summed E-state index contributed by atoms with van der Waals surface area (Å²) in [5.74, 6) is 0. The molecule has 0 atom stereocenters. The number of allylic oxidation sites excluding steroid dienone is 2. The first kappa shape index (κ1) is 19.0. The Labute approximate surface area is 201 Å². The van der Waals surface area contributed by atoms with Crippen molar-refractivity contribution in [1.82, 2.24) is 10.3 Å². The van der Waals surface area contributed by atoms with E-state index in [-0.39, 0.29) is 5.41 Å². The van der Waals surface area contributed by atoms with Gasteiger partial charge in [-0.15, -0.1) is 0 Å². The van der Waals surface area contributed by atoms with Crippen molar-refractivity contribution in [3.63, 3.8) is 0 Å². The number of dihydropyridines is 1. The van der Waals surface area contributed by atoms with Gasteiger partial charge in [-0.05, 0) is 35.4 Å². The van der Waals surface area contributed by atoms with E-state index in [2.05, 4.69) is 73.8 Å². The number of furan rings is 2. The zero-order valence-corrected chi connectivity index (χ0v) is 19.5. The topological polar surface area (TPSA) is 51.2 Å². The zero-order valence-electron chi connectivity index (χ0n) is 19.5. The molecule has 0 saturated heterocycles. The molecule has 0 fully saturated rings. The van der Waals surface area contributed by atoms with Gasteiger partial charge in [0.2, 0.25) is 0 Å². The van der Waals surface area contributed by atoms with Crippen molar-refractivity contribution in [2.45, 2.75) is 19.3 Å². The van der Waals surface area contributed by atoms with E-state index in [0.717, 1.165) is 73.1 Å². The lowest BCUT2D eigenvalue weighted by molar-refractivity contribution is 0.648. The van der Waals surface area contributed by atoms with Crippen molar-refractivity contribution in [1.29, 1.82) is 0 Å². The molecule has 0 amide bonds. The molecule has 4 heterocycles. The molecule has 0 radical (unpaired) electrons. The highest BCUT2D eigenvalue weighted by atomic mass is 16.3. The Morgan fingerprint density at radius 3 is 2.14 bits per heavy atom. The van der Waals surface area contributed by atoms with Crippen LogP contribution in [0.2, 0.25) is 0 Å². The van der Waals surface area contributed by atoms with Gasteiger partial charge in [-0.3, -0.25) is 0 Å². The normalized spacial score (nSPS) is 16.4. The molecular weight excluding hydrogens is 432 g/mol. The summed E-state index contributed by atoms with van der Waals surface area (Å²) in [5.41, 5.74) is 9.71. The molecule has 1 aliphatic carbocycles. The highest BCUT2D eigenvalue weighted by Gasteiger charge is 2.39. The van der Waals surface area contributed by atoms with Crippen LogP contribution in [-0.2, 0) is 5.41 Å². The number of hydrogen-bond donors (Lipinski definition) is 1. The van der Waals surface area contributed by atoms with Crippen LogP contribution in [0.3, 0.4) is 0 Å². The molecule has 3 aromatic heterocycles. The van der Waals surface area contributed by atoms with Crippen molar-refractivity contribution in [2.75, 3.05) is 6.54 Å². The molecule has 2 aliphatic rings. The van der Waals surface area contributed by atoms with Crippen molar-refractivity contribution in [3.8, 4) is 11.3 Å². The van der Waals surface area contributed by atoms with Crippen molar-refractivity contribution < 1.29 is 8.83 Å². The molecule has 1 aliphatic heterocycles. The second-order valence-corrected chi connectivity index (χ2v) is 9.99. The molecular formula is C31H22N2O2. The van der Waals surface area contributed by atoms with Gasteiger partial charge in [0.25, 0.3) is 0 Å². The smallest absolute Gasteiger partial charge is 0.148 e. The van der Waals surface area contributed by atoms with E-state index in [1.807, 2.05) is 24.3 Å². The second kappa shape index (κ2) is 6.42. The maximum Gasteiger partial charge on any atom is 0.148 e. The predicted molar refractivity (Wildman–Crippen MR) is 141 cm³/mol. The van der Waals surface area contributed by atoms with Crippen molar-refractivity contribution in [3.05, 3.63) is 95.7 Å². The highest BCUT2D eigenvalue weighted by molar-refractivity contribution is 6.21. The Hall–Kier alpha value is -4.31. The van der Waals surface area contributed by atoms with E-state index in [1.54, 1.807) is 0 Å². The summed E-state index contributed by atoms with van der Waals surface area (Å²) in [6.45, 7) is 5.35. The third kappa shape index (κ3) is 2.39. The van der Waals surface area contributed by atoms with Crippen LogP contribution >= 0.6 is 0 Å². The number of rotatable bonds is 1. The number of pyridine rings is 1. The van der Waals surface area contributed by atoms with Crippen LogP contribution in [0.1, 0.15) is 25.1 Å². The van der Waals surface area contributed by atoms with Gasteiger partial charge in [0.05, 0.1) is 22.6 Å². The monoisotopic (exact) mass is 454 g/mol. The lowest BCUT2D eigenvalue weighted by Gasteiger charge is -2.23. The number of fused-ring (bicyclic) bond motifs is 8. The minimum atomic E-state index is -0.0971. The lowest BCUT2D eigenvalue weighted by atomic mass is 9.81. The standard InChI is InChI=1S/C31H22N2O2/c1-31(2)21-10-7-15-32-27(21)28-22(31)13-14-23(33-28)26-29-19(17-8-3-5-11-24(17)34-29)16-20-18-9-4-6-12-25(18)35-30(20)26/h3-14,16,32H,15H2,1-2H3. The Kier molecular flexibility index (Phi) is 3.49. The first-order valence-corrected chi connectivity index (χ1v) is 12.0. The van der Waals surface area contributed by atoms with E-state index < -0.39 is 0 Å². The SMILES string of the molecule is CC1(C)C2=C(NCC=C2)c2nc(-c3c4oc5ccccc5c4cc4c3oc3ccccc34)ccc21. The summed E-state index contributed by atoms with van der Waals surface area (Å²) in [4.78, 5) is 5.27. The largest absolute Gasteiger partial charge is 0.455 e. The molecule has 0 bridgehead atoms. The molecule has 35 heavy (non-hydrogen) atoms. The maximum atomic E-state index is 6.47. The highest BCUT2D eigenvalue weighted by Crippen LogP contribution is 2.48. The summed E-state index contributed by atoms with van der Waals surface area (Å²) in [6, 6.07) is 23.0. The van der Waals surface area contributed by atoms with E-state index >= 15 is 0 Å². The number of nitrogens with one attached hydrogen (secondary N) is 1. The molecule has 0 saturated carbocycles. The molecule has 8 rings (SSSR count). The summed E-state index contributed by atoms with van der Waals surface area (Å²) in [6.07, 6.45) is 4.42. The van der Waals surface area contributed by atoms with Gasteiger partial charge in [-0.1, -0.05) is 68.5 Å². The molecule has 0 unspecified atom stereocenters. The zero-order chi connectivity index (χ0) is 23.3. The number of nitrogens with zero attached hydrogens (tertiary/aromatic N) is 1. The van der Waals surface area contributed by atoms with Crippen molar-refractivity contribution >= 4 is 49.6 Å². The average molecular weight is 455 g/mol. The third-order valence-corrected chi connectivity index (χ3v) is 7.70. The van der Waals surface area contributed by atoms with Crippen LogP contribution in [-0.4, -0.2) is 11.5 Å². The maximum absolute atomic E-state index is 6.47. The molecule has 4 heteroatoms. The van der Waals surface area contributed by atoms with Gasteiger partial charge in [0.1, 0.15) is 22.3 Å². The molecule has 1 N–H and O–H groups in total. The summed E-state index contributed by atoms with van der Waals surface area (Å²) < 4.78 is 12.9. The molecule has 6 aromatic rings. The minimum absolute atomic E-state index is 0.0971. The lowest BCUT2D eigenvalue weighted by Crippen LogP contribution is -2.20. The molecule has 4 nitrogen and oxygen atoms in total. The van der Waals surface area contributed by atoms with Crippen molar-refractivity contribution in [2.24, 2.45) is 0 Å². The van der Waals surface area contributed by atoms with E-state index in [9.17, 15) is 0 Å². The summed E-state index contributed by atoms with van der Waals surface area (Å²) in [7, 11) is 0.